The summed E-state index contributed by atoms with van der Waals surface area (Å²) in [5.41, 5.74) is 0. The number of ether oxygens (including phenoxy) is 4. The number of aliphatic carboxylic acids is 1. The third-order valence-electron chi connectivity index (χ3n) is 18.0. The molecule has 9 nitrogen and oxygen atoms in total. The predicted molar refractivity (Wildman–Crippen MR) is 394 cm³/mol. The number of quaternary nitrogens is 1. The number of carbonyl (C=O) groups excluding carboxylic acids is 3. The minimum Gasteiger partial charge on any atom is -0.545 e. The molecule has 0 fully saturated rings. The summed E-state index contributed by atoms with van der Waals surface area (Å²) in [4.78, 5) is 37.6. The van der Waals surface area contributed by atoms with E-state index < -0.39 is 24.3 Å². The number of unbranched alkanes of at least 4 members (excludes halogenated alkanes) is 50. The lowest BCUT2D eigenvalue weighted by atomic mass is 10.0. The highest BCUT2D eigenvalue weighted by Crippen LogP contribution is 2.20. The fourth-order valence-electron chi connectivity index (χ4n) is 12.0. The highest BCUT2D eigenvalue weighted by atomic mass is 16.7. The van der Waals surface area contributed by atoms with E-state index in [2.05, 4.69) is 74.6 Å². The van der Waals surface area contributed by atoms with Crippen LogP contribution < -0.4 is 5.11 Å². The van der Waals surface area contributed by atoms with Crippen LogP contribution in [0, 0.1) is 0 Å². The van der Waals surface area contributed by atoms with E-state index in [1.165, 1.54) is 295 Å². The zero-order valence-electron chi connectivity index (χ0n) is 61.7. The van der Waals surface area contributed by atoms with Crippen LogP contribution in [0.15, 0.2) is 60.8 Å². The Morgan fingerprint density at radius 3 is 0.924 bits per heavy atom. The normalized spacial score (nSPS) is 12.9. The molecule has 0 amide bonds. The molecule has 9 heteroatoms. The molecule has 0 aromatic rings. The van der Waals surface area contributed by atoms with Gasteiger partial charge in [0.1, 0.15) is 13.2 Å². The highest BCUT2D eigenvalue weighted by molar-refractivity contribution is 5.70. The average molecular weight is 1290 g/mol. The highest BCUT2D eigenvalue weighted by Gasteiger charge is 2.22. The molecule has 538 valence electrons. The van der Waals surface area contributed by atoms with Gasteiger partial charge in [0.05, 0.1) is 40.3 Å². The van der Waals surface area contributed by atoms with Crippen molar-refractivity contribution in [3.05, 3.63) is 60.8 Å². The molecular formula is C83H153NO8. The number of nitrogens with zero attached hydrogens (tertiary/aromatic N) is 1. The van der Waals surface area contributed by atoms with Crippen molar-refractivity contribution in [3.8, 4) is 0 Å². The van der Waals surface area contributed by atoms with Crippen LogP contribution in [0.25, 0.3) is 0 Å². The van der Waals surface area contributed by atoms with Gasteiger partial charge in [0, 0.05) is 12.8 Å². The summed E-state index contributed by atoms with van der Waals surface area (Å²) in [6.07, 6.45) is 94.9. The molecule has 0 aliphatic rings. The zero-order chi connectivity index (χ0) is 66.8. The van der Waals surface area contributed by atoms with Gasteiger partial charge < -0.3 is 33.3 Å². The van der Waals surface area contributed by atoms with Crippen molar-refractivity contribution in [2.75, 3.05) is 47.5 Å². The molecule has 92 heavy (non-hydrogen) atoms. The maximum atomic E-state index is 13.0. The van der Waals surface area contributed by atoms with Crippen LogP contribution >= 0.6 is 0 Å². The Labute approximate surface area is 571 Å². The van der Waals surface area contributed by atoms with Crippen molar-refractivity contribution in [3.63, 3.8) is 0 Å². The molecule has 0 radical (unpaired) electrons. The Kier molecular flexibility index (Phi) is 71.4. The third kappa shape index (κ3) is 74.4. The number of carbonyl (C=O) groups is 3. The molecule has 0 aliphatic carbocycles. The van der Waals surface area contributed by atoms with Crippen molar-refractivity contribution >= 4 is 17.9 Å². The molecule has 2 unspecified atom stereocenters. The average Bonchev–Trinajstić information content (AvgIpc) is 3.69. The maximum absolute atomic E-state index is 13.0. The van der Waals surface area contributed by atoms with Gasteiger partial charge in [-0.25, -0.2) is 0 Å². The molecule has 0 heterocycles. The van der Waals surface area contributed by atoms with Crippen LogP contribution in [0.2, 0.25) is 0 Å². The van der Waals surface area contributed by atoms with Crippen molar-refractivity contribution in [2.24, 2.45) is 0 Å². The number of hydrogen-bond acceptors (Lipinski definition) is 8. The summed E-state index contributed by atoms with van der Waals surface area (Å²) < 4.78 is 22.9. The molecule has 0 aliphatic heterocycles. The van der Waals surface area contributed by atoms with Gasteiger partial charge >= 0.3 is 11.9 Å². The Morgan fingerprint density at radius 1 is 0.337 bits per heavy atom. The molecule has 0 spiro atoms. The summed E-state index contributed by atoms with van der Waals surface area (Å²) in [5.74, 6) is -2.25. The number of likely N-dealkylation sites (N-methyl/N-ethyl adjacent to an activating group) is 1. The number of allylic oxidation sites excluding steroid dienone is 10. The topological polar surface area (TPSA) is 111 Å². The van der Waals surface area contributed by atoms with Crippen LogP contribution in [0.4, 0.5) is 0 Å². The maximum Gasteiger partial charge on any atom is 0.306 e. The van der Waals surface area contributed by atoms with Gasteiger partial charge in [0.25, 0.3) is 0 Å². The molecular weight excluding hydrogens is 1140 g/mol. The smallest absolute Gasteiger partial charge is 0.306 e. The molecule has 0 rings (SSSR count). The van der Waals surface area contributed by atoms with E-state index in [1.807, 2.05) is 21.1 Å². The molecule has 0 bridgehead atoms. The first kappa shape index (κ1) is 89.0. The minimum absolute atomic E-state index is 0.149. The summed E-state index contributed by atoms with van der Waals surface area (Å²) >= 11 is 0. The van der Waals surface area contributed by atoms with E-state index >= 15 is 0 Å². The van der Waals surface area contributed by atoms with E-state index in [0.717, 1.165) is 64.2 Å². The minimum atomic E-state index is -1.62. The van der Waals surface area contributed by atoms with Gasteiger partial charge in [-0.1, -0.05) is 383 Å². The van der Waals surface area contributed by atoms with E-state index in [4.69, 9.17) is 18.9 Å². The quantitative estimate of drug-likeness (QED) is 0.0195. The fraction of sp³-hybridized carbons (Fsp3) is 0.843. The van der Waals surface area contributed by atoms with E-state index in [0.29, 0.717) is 23.9 Å². The Hall–Kier alpha value is -3.01. The molecule has 0 saturated carbocycles. The lowest BCUT2D eigenvalue weighted by Gasteiger charge is -2.26. The van der Waals surface area contributed by atoms with Gasteiger partial charge in [-0.05, 0) is 57.8 Å². The van der Waals surface area contributed by atoms with Crippen molar-refractivity contribution in [2.45, 2.75) is 405 Å². The predicted octanol–water partition coefficient (Wildman–Crippen LogP) is 24.1. The molecule has 0 aromatic heterocycles. The van der Waals surface area contributed by atoms with Gasteiger partial charge in [0.15, 0.2) is 12.4 Å². The first-order chi connectivity index (χ1) is 45.1. The molecule has 0 N–H and O–H groups in total. The van der Waals surface area contributed by atoms with Crippen molar-refractivity contribution < 1.29 is 42.9 Å². The summed E-state index contributed by atoms with van der Waals surface area (Å²) in [6, 6.07) is 0. The second-order valence-electron chi connectivity index (χ2n) is 28.3. The largest absolute Gasteiger partial charge is 0.545 e. The lowest BCUT2D eigenvalue weighted by Crippen LogP contribution is -2.44. The Balaban J connectivity index is 3.98. The van der Waals surface area contributed by atoms with E-state index in [-0.39, 0.29) is 32.2 Å². The third-order valence-corrected chi connectivity index (χ3v) is 18.0. The van der Waals surface area contributed by atoms with Crippen LogP contribution in [-0.4, -0.2) is 82.3 Å². The van der Waals surface area contributed by atoms with E-state index in [9.17, 15) is 19.5 Å². The zero-order valence-corrected chi connectivity index (χ0v) is 61.7. The van der Waals surface area contributed by atoms with Crippen molar-refractivity contribution in [1.29, 1.82) is 0 Å². The SMILES string of the molecule is CC/C=C\C/C=C\C/C=C\C/C=C\C/C=C\CCCCCCCCCCCCCCCCCCCC(=O)OC(COC(=O)CCCCCCCCCCCCCCCCCCCCCCCCCCCCCCCCCCCC)COC(OCC[N+](C)(C)C)C(=O)[O-]. The summed E-state index contributed by atoms with van der Waals surface area (Å²) in [5, 5.41) is 11.9. The first-order valence-electron chi connectivity index (χ1n) is 39.9. The summed E-state index contributed by atoms with van der Waals surface area (Å²) in [7, 11) is 5.95. The van der Waals surface area contributed by atoms with Crippen LogP contribution in [-0.2, 0) is 33.3 Å². The number of hydrogen-bond donors (Lipinski definition) is 0. The van der Waals surface area contributed by atoms with Crippen molar-refractivity contribution in [1.82, 2.24) is 0 Å². The number of carboxylic acids is 1. The Bertz CT molecular complexity index is 1700. The number of carboxylic acid groups (broad SMARTS) is 1. The summed E-state index contributed by atoms with van der Waals surface area (Å²) in [6.45, 7) is 4.71. The molecule has 0 saturated heterocycles. The van der Waals surface area contributed by atoms with Crippen LogP contribution in [0.1, 0.15) is 393 Å². The Morgan fingerprint density at radius 2 is 0.620 bits per heavy atom. The lowest BCUT2D eigenvalue weighted by molar-refractivity contribution is -0.870. The van der Waals surface area contributed by atoms with Gasteiger partial charge in [-0.15, -0.1) is 0 Å². The first-order valence-corrected chi connectivity index (χ1v) is 39.9. The van der Waals surface area contributed by atoms with Gasteiger partial charge in [-0.3, -0.25) is 9.59 Å². The number of esters is 2. The number of rotatable bonds is 75. The fourth-order valence-corrected chi connectivity index (χ4v) is 12.0. The second-order valence-corrected chi connectivity index (χ2v) is 28.3. The molecule has 2 atom stereocenters. The van der Waals surface area contributed by atoms with E-state index in [1.54, 1.807) is 0 Å². The van der Waals surface area contributed by atoms with Crippen LogP contribution in [0.5, 0.6) is 0 Å². The van der Waals surface area contributed by atoms with Gasteiger partial charge in [0.2, 0.25) is 0 Å². The standard InChI is InChI=1S/C83H153NO8/c1-6-8-10-12-14-16-18-20-22-24-26-28-30-32-34-36-38-40-42-43-45-47-49-51-53-55-57-59-61-63-65-67-69-71-73-80(85)90-77-79(78-91-83(82(87)88)89-76-75-84(3,4)5)92-81(86)74-72-70-68-66-64-62-60-58-56-54-52-50-48-46-44-41-39-37-35-33-31-29-27-25-23-21-19-17-15-13-11-9-7-2/h9,11,15,17,21,23,27,29,33,35,79,83H,6-8,10,12-14,16,18-20,22,24-26,28,30-32,34,36-78H2,1-5H3/b11-9-,17-15-,23-21-,29-27-,35-33-. The monoisotopic (exact) mass is 1290 g/mol. The van der Waals surface area contributed by atoms with Gasteiger partial charge in [-0.2, -0.15) is 0 Å². The molecule has 0 aromatic carbocycles. The van der Waals surface area contributed by atoms with Crippen LogP contribution in [0.3, 0.4) is 0 Å². The second kappa shape index (κ2) is 73.8.